The molecule has 1 aromatic heterocycles. The molecule has 0 unspecified atom stereocenters. The first-order chi connectivity index (χ1) is 9.65. The minimum atomic E-state index is -0.348. The Morgan fingerprint density at radius 1 is 1.00 bits per heavy atom. The number of ether oxygens (including phenoxy) is 2. The van der Waals surface area contributed by atoms with Gasteiger partial charge in [-0.1, -0.05) is 13.8 Å². The van der Waals surface area contributed by atoms with E-state index in [1.807, 2.05) is 19.9 Å². The third-order valence-corrected chi connectivity index (χ3v) is 2.94. The Morgan fingerprint density at radius 2 is 1.60 bits per heavy atom. The zero-order chi connectivity index (χ0) is 14.5. The second-order valence-corrected chi connectivity index (χ2v) is 4.74. The number of hydrogen-bond donors (Lipinski definition) is 0. The van der Waals surface area contributed by atoms with Gasteiger partial charge >= 0.3 is 5.63 Å². The van der Waals surface area contributed by atoms with Gasteiger partial charge in [-0.25, -0.2) is 4.79 Å². The molecule has 108 valence electrons. The molecule has 1 heterocycles. The van der Waals surface area contributed by atoms with Crippen molar-refractivity contribution in [3.63, 3.8) is 0 Å². The highest BCUT2D eigenvalue weighted by molar-refractivity contribution is 5.83. The first-order valence-corrected chi connectivity index (χ1v) is 6.99. The predicted octanol–water partition coefficient (Wildman–Crippen LogP) is 3.68. The van der Waals surface area contributed by atoms with E-state index in [4.69, 9.17) is 13.9 Å². The van der Waals surface area contributed by atoms with Crippen LogP contribution in [0.5, 0.6) is 11.5 Å². The molecule has 0 saturated carbocycles. The van der Waals surface area contributed by atoms with E-state index in [2.05, 4.69) is 6.92 Å². The topological polar surface area (TPSA) is 48.7 Å². The van der Waals surface area contributed by atoms with Crippen LogP contribution in [0.3, 0.4) is 0 Å². The molecule has 1 aromatic carbocycles. The van der Waals surface area contributed by atoms with Gasteiger partial charge in [0.1, 0.15) is 5.58 Å². The molecule has 0 saturated heterocycles. The van der Waals surface area contributed by atoms with E-state index >= 15 is 0 Å². The summed E-state index contributed by atoms with van der Waals surface area (Å²) < 4.78 is 16.6. The van der Waals surface area contributed by atoms with Crippen LogP contribution in [-0.2, 0) is 0 Å². The van der Waals surface area contributed by atoms with E-state index in [0.717, 1.165) is 23.8 Å². The second kappa shape index (κ2) is 6.46. The van der Waals surface area contributed by atoms with Crippen LogP contribution in [0.25, 0.3) is 11.0 Å². The van der Waals surface area contributed by atoms with Gasteiger partial charge in [-0.15, -0.1) is 0 Å². The van der Waals surface area contributed by atoms with Crippen molar-refractivity contribution < 1.29 is 13.9 Å². The highest BCUT2D eigenvalue weighted by atomic mass is 16.5. The van der Waals surface area contributed by atoms with Gasteiger partial charge in [0, 0.05) is 17.5 Å². The maximum Gasteiger partial charge on any atom is 0.336 e. The predicted molar refractivity (Wildman–Crippen MR) is 78.8 cm³/mol. The van der Waals surface area contributed by atoms with Crippen molar-refractivity contribution in [3.05, 3.63) is 34.2 Å². The molecule has 0 aliphatic carbocycles. The van der Waals surface area contributed by atoms with Crippen molar-refractivity contribution in [1.29, 1.82) is 0 Å². The molecule has 2 aromatic rings. The molecule has 2 rings (SSSR count). The lowest BCUT2D eigenvalue weighted by Gasteiger charge is -2.13. The molecule has 0 aliphatic rings. The van der Waals surface area contributed by atoms with Gasteiger partial charge in [-0.3, -0.25) is 0 Å². The summed E-state index contributed by atoms with van der Waals surface area (Å²) in [6, 6.07) is 5.11. The van der Waals surface area contributed by atoms with Crippen molar-refractivity contribution in [3.8, 4) is 11.5 Å². The molecule has 0 atom stereocenters. The number of benzene rings is 1. The molecule has 0 aliphatic heterocycles. The zero-order valence-electron chi connectivity index (χ0n) is 12.2. The SMILES string of the molecule is CCCOc1cc2oc(=O)cc(C)c2cc1OCCC. The highest BCUT2D eigenvalue weighted by Gasteiger charge is 2.11. The Kier molecular flexibility index (Phi) is 4.66. The summed E-state index contributed by atoms with van der Waals surface area (Å²) in [6.45, 7) is 7.21. The lowest BCUT2D eigenvalue weighted by molar-refractivity contribution is 0.268. The fourth-order valence-corrected chi connectivity index (χ4v) is 1.98. The Hall–Kier alpha value is -1.97. The quantitative estimate of drug-likeness (QED) is 0.755. The van der Waals surface area contributed by atoms with Crippen LogP contribution in [0, 0.1) is 6.92 Å². The Bertz CT molecular complexity index is 643. The van der Waals surface area contributed by atoms with Crippen molar-refractivity contribution >= 4 is 11.0 Å². The fraction of sp³-hybridized carbons (Fsp3) is 0.438. The van der Waals surface area contributed by atoms with Crippen molar-refractivity contribution in [1.82, 2.24) is 0 Å². The van der Waals surface area contributed by atoms with Crippen molar-refractivity contribution in [2.24, 2.45) is 0 Å². The largest absolute Gasteiger partial charge is 0.490 e. The minimum absolute atomic E-state index is 0.348. The minimum Gasteiger partial charge on any atom is -0.490 e. The summed E-state index contributed by atoms with van der Waals surface area (Å²) in [5.74, 6) is 1.33. The Morgan fingerprint density at radius 3 is 2.20 bits per heavy atom. The number of aryl methyl sites for hydroxylation is 1. The van der Waals surface area contributed by atoms with Crippen LogP contribution in [0.15, 0.2) is 27.4 Å². The highest BCUT2D eigenvalue weighted by Crippen LogP contribution is 2.33. The third kappa shape index (κ3) is 3.13. The van der Waals surface area contributed by atoms with E-state index in [-0.39, 0.29) is 5.63 Å². The standard InChI is InChI=1S/C16H20O4/c1-4-6-18-14-9-12-11(3)8-16(17)20-13(12)10-15(14)19-7-5-2/h8-10H,4-7H2,1-3H3. The Labute approximate surface area is 118 Å². The van der Waals surface area contributed by atoms with Crippen LogP contribution < -0.4 is 15.1 Å². The van der Waals surface area contributed by atoms with Gasteiger partial charge in [0.2, 0.25) is 0 Å². The average molecular weight is 276 g/mol. The Balaban J connectivity index is 2.52. The molecule has 0 amide bonds. The summed E-state index contributed by atoms with van der Waals surface area (Å²) in [7, 11) is 0. The first-order valence-electron chi connectivity index (χ1n) is 6.99. The van der Waals surface area contributed by atoms with E-state index < -0.39 is 0 Å². The van der Waals surface area contributed by atoms with E-state index in [1.54, 1.807) is 6.07 Å². The van der Waals surface area contributed by atoms with E-state index in [1.165, 1.54) is 6.07 Å². The summed E-state index contributed by atoms with van der Waals surface area (Å²) >= 11 is 0. The van der Waals surface area contributed by atoms with E-state index in [0.29, 0.717) is 30.3 Å². The maximum atomic E-state index is 11.4. The summed E-state index contributed by atoms with van der Waals surface area (Å²) in [5.41, 5.74) is 1.06. The molecule has 20 heavy (non-hydrogen) atoms. The van der Waals surface area contributed by atoms with Crippen LogP contribution in [0.2, 0.25) is 0 Å². The lowest BCUT2D eigenvalue weighted by atomic mass is 10.1. The molecule has 0 radical (unpaired) electrons. The monoisotopic (exact) mass is 276 g/mol. The number of fused-ring (bicyclic) bond motifs is 1. The van der Waals surface area contributed by atoms with Crippen molar-refractivity contribution in [2.45, 2.75) is 33.6 Å². The van der Waals surface area contributed by atoms with Gasteiger partial charge in [0.15, 0.2) is 11.5 Å². The summed E-state index contributed by atoms with van der Waals surface area (Å²) in [4.78, 5) is 11.4. The first kappa shape index (κ1) is 14.4. The molecule has 0 N–H and O–H groups in total. The second-order valence-electron chi connectivity index (χ2n) is 4.74. The molecule has 4 heteroatoms. The third-order valence-electron chi connectivity index (χ3n) is 2.94. The fourth-order valence-electron chi connectivity index (χ4n) is 1.98. The van der Waals surface area contributed by atoms with E-state index in [9.17, 15) is 4.79 Å². The van der Waals surface area contributed by atoms with Crippen molar-refractivity contribution in [2.75, 3.05) is 13.2 Å². The number of hydrogen-bond acceptors (Lipinski definition) is 4. The van der Waals surface area contributed by atoms with Gasteiger partial charge in [0.25, 0.3) is 0 Å². The molecule has 0 fully saturated rings. The van der Waals surface area contributed by atoms with Gasteiger partial charge < -0.3 is 13.9 Å². The summed E-state index contributed by atoms with van der Waals surface area (Å²) in [5, 5.41) is 0.875. The van der Waals surface area contributed by atoms with Gasteiger partial charge in [-0.2, -0.15) is 0 Å². The molecular weight excluding hydrogens is 256 g/mol. The number of rotatable bonds is 6. The average Bonchev–Trinajstić information content (AvgIpc) is 2.42. The van der Waals surface area contributed by atoms with Crippen LogP contribution in [0.4, 0.5) is 0 Å². The normalized spacial score (nSPS) is 10.8. The molecule has 0 spiro atoms. The van der Waals surface area contributed by atoms with Gasteiger partial charge in [0.05, 0.1) is 13.2 Å². The molecule has 0 bridgehead atoms. The zero-order valence-corrected chi connectivity index (χ0v) is 12.2. The van der Waals surface area contributed by atoms with Crippen LogP contribution in [0.1, 0.15) is 32.3 Å². The lowest BCUT2D eigenvalue weighted by Crippen LogP contribution is -2.03. The molecule has 4 nitrogen and oxygen atoms in total. The summed E-state index contributed by atoms with van der Waals surface area (Å²) in [6.07, 6.45) is 1.83. The molecular formula is C16H20O4. The van der Waals surface area contributed by atoms with Crippen LogP contribution in [-0.4, -0.2) is 13.2 Å². The van der Waals surface area contributed by atoms with Crippen LogP contribution >= 0.6 is 0 Å². The maximum absolute atomic E-state index is 11.4. The van der Waals surface area contributed by atoms with Gasteiger partial charge in [-0.05, 0) is 31.4 Å². The smallest absolute Gasteiger partial charge is 0.336 e.